The molecule has 5 heteroatoms. The predicted molar refractivity (Wildman–Crippen MR) is 74.6 cm³/mol. The molecule has 5 nitrogen and oxygen atoms in total. The molecule has 1 heterocycles. The van der Waals surface area contributed by atoms with Crippen molar-refractivity contribution < 1.29 is 14.4 Å². The van der Waals surface area contributed by atoms with Crippen molar-refractivity contribution in [3.05, 3.63) is 45.8 Å². The van der Waals surface area contributed by atoms with E-state index in [2.05, 4.69) is 0 Å². The lowest BCUT2D eigenvalue weighted by atomic mass is 9.96. The van der Waals surface area contributed by atoms with Gasteiger partial charge in [-0.3, -0.25) is 10.0 Å². The van der Waals surface area contributed by atoms with E-state index in [1.165, 1.54) is 0 Å². The summed E-state index contributed by atoms with van der Waals surface area (Å²) in [6.45, 7) is 3.78. The molecule has 0 fully saturated rings. The Balaban J connectivity index is 2.41. The lowest BCUT2D eigenvalue weighted by Crippen LogP contribution is -2.30. The first-order chi connectivity index (χ1) is 9.55. The maximum absolute atomic E-state index is 11.9. The SMILES string of the molecule is CCC(Cc1cc2cc(C)ccc2oc1=O)C(=O)NO. The number of carbonyl (C=O) groups excluding carboxylic acids is 1. The van der Waals surface area contributed by atoms with E-state index in [-0.39, 0.29) is 6.42 Å². The second-order valence-electron chi connectivity index (χ2n) is 4.89. The quantitative estimate of drug-likeness (QED) is 0.509. The molecule has 1 amide bonds. The molecule has 1 aromatic heterocycles. The molecular weight excluding hydrogens is 258 g/mol. The van der Waals surface area contributed by atoms with Gasteiger partial charge in [0.15, 0.2) is 0 Å². The molecule has 106 valence electrons. The molecule has 0 saturated carbocycles. The lowest BCUT2D eigenvalue weighted by molar-refractivity contribution is -0.133. The van der Waals surface area contributed by atoms with Crippen molar-refractivity contribution in [1.29, 1.82) is 0 Å². The third-order valence-corrected chi connectivity index (χ3v) is 3.40. The van der Waals surface area contributed by atoms with Gasteiger partial charge in [-0.05, 0) is 38.0 Å². The maximum atomic E-state index is 11.9. The monoisotopic (exact) mass is 275 g/mol. The Morgan fingerprint density at radius 1 is 1.40 bits per heavy atom. The third kappa shape index (κ3) is 2.88. The van der Waals surface area contributed by atoms with Gasteiger partial charge in [0.1, 0.15) is 5.58 Å². The topological polar surface area (TPSA) is 79.5 Å². The summed E-state index contributed by atoms with van der Waals surface area (Å²) in [5, 5.41) is 9.52. The van der Waals surface area contributed by atoms with Crippen LogP contribution in [0.15, 0.2) is 33.5 Å². The Hall–Kier alpha value is -2.14. The average molecular weight is 275 g/mol. The molecule has 0 saturated heterocycles. The molecule has 1 unspecified atom stereocenters. The first-order valence-electron chi connectivity index (χ1n) is 6.52. The first kappa shape index (κ1) is 14.3. The minimum Gasteiger partial charge on any atom is -0.423 e. The highest BCUT2D eigenvalue weighted by Gasteiger charge is 2.19. The maximum Gasteiger partial charge on any atom is 0.339 e. The van der Waals surface area contributed by atoms with Crippen LogP contribution in [-0.2, 0) is 11.2 Å². The Kier molecular flexibility index (Phi) is 4.20. The highest BCUT2D eigenvalue weighted by Crippen LogP contribution is 2.18. The van der Waals surface area contributed by atoms with Crippen LogP contribution in [0.2, 0.25) is 0 Å². The standard InChI is InChI=1S/C15H17NO4/c1-3-10(14(17)16-19)7-12-8-11-6-9(2)4-5-13(11)20-15(12)18/h4-6,8,10,19H,3,7H2,1-2H3,(H,16,17). The van der Waals surface area contributed by atoms with Crippen LogP contribution in [0.5, 0.6) is 0 Å². The second-order valence-corrected chi connectivity index (χ2v) is 4.89. The number of fused-ring (bicyclic) bond motifs is 1. The predicted octanol–water partition coefficient (Wildman–Crippen LogP) is 2.18. The van der Waals surface area contributed by atoms with Crippen molar-refractivity contribution >= 4 is 16.9 Å². The first-order valence-corrected chi connectivity index (χ1v) is 6.52. The van der Waals surface area contributed by atoms with Crippen LogP contribution >= 0.6 is 0 Å². The molecule has 0 spiro atoms. The summed E-state index contributed by atoms with van der Waals surface area (Å²) < 4.78 is 5.26. The van der Waals surface area contributed by atoms with Gasteiger partial charge in [0.25, 0.3) is 0 Å². The van der Waals surface area contributed by atoms with Crippen LogP contribution in [0.4, 0.5) is 0 Å². The fourth-order valence-electron chi connectivity index (χ4n) is 2.21. The minimum atomic E-state index is -0.490. The number of carbonyl (C=O) groups is 1. The number of benzene rings is 1. The summed E-state index contributed by atoms with van der Waals surface area (Å²) in [5.41, 5.74) is 3.23. The van der Waals surface area contributed by atoms with Crippen molar-refractivity contribution in [2.45, 2.75) is 26.7 Å². The number of amides is 1. The molecule has 0 radical (unpaired) electrons. The molecule has 2 N–H and O–H groups in total. The Bertz CT molecular complexity index is 690. The van der Waals surface area contributed by atoms with Crippen LogP contribution in [0.1, 0.15) is 24.5 Å². The Morgan fingerprint density at radius 2 is 2.15 bits per heavy atom. The molecule has 1 aromatic carbocycles. The largest absolute Gasteiger partial charge is 0.423 e. The second kappa shape index (κ2) is 5.88. The van der Waals surface area contributed by atoms with Crippen LogP contribution in [0, 0.1) is 12.8 Å². The lowest BCUT2D eigenvalue weighted by Gasteiger charge is -2.11. The molecular formula is C15H17NO4. The highest BCUT2D eigenvalue weighted by atomic mass is 16.5. The van der Waals surface area contributed by atoms with Gasteiger partial charge in [0.2, 0.25) is 5.91 Å². The zero-order chi connectivity index (χ0) is 14.7. The number of nitrogens with one attached hydrogen (secondary N) is 1. The van der Waals surface area contributed by atoms with E-state index in [9.17, 15) is 9.59 Å². The van der Waals surface area contributed by atoms with Gasteiger partial charge in [0.05, 0.1) is 0 Å². The van der Waals surface area contributed by atoms with Crippen LogP contribution < -0.4 is 11.1 Å². The van der Waals surface area contributed by atoms with Crippen LogP contribution in [-0.4, -0.2) is 11.1 Å². The van der Waals surface area contributed by atoms with Crippen molar-refractivity contribution in [3.8, 4) is 0 Å². The Labute approximate surface area is 116 Å². The number of hydroxylamine groups is 1. The van der Waals surface area contributed by atoms with Gasteiger partial charge >= 0.3 is 5.63 Å². The van der Waals surface area contributed by atoms with Crippen molar-refractivity contribution in [2.24, 2.45) is 5.92 Å². The van der Waals surface area contributed by atoms with Gasteiger partial charge in [-0.25, -0.2) is 10.3 Å². The third-order valence-electron chi connectivity index (χ3n) is 3.40. The van der Waals surface area contributed by atoms with Gasteiger partial charge in [0, 0.05) is 16.9 Å². The van der Waals surface area contributed by atoms with E-state index in [0.29, 0.717) is 17.6 Å². The average Bonchev–Trinajstić information content (AvgIpc) is 2.44. The summed E-state index contributed by atoms with van der Waals surface area (Å²) in [7, 11) is 0. The van der Waals surface area contributed by atoms with E-state index in [4.69, 9.17) is 9.62 Å². The zero-order valence-corrected chi connectivity index (χ0v) is 11.5. The summed E-state index contributed by atoms with van der Waals surface area (Å²) in [6, 6.07) is 7.31. The van der Waals surface area contributed by atoms with E-state index in [1.807, 2.05) is 26.0 Å². The molecule has 0 aliphatic heterocycles. The van der Waals surface area contributed by atoms with Gasteiger partial charge in [-0.1, -0.05) is 18.6 Å². The fraction of sp³-hybridized carbons (Fsp3) is 0.333. The van der Waals surface area contributed by atoms with Crippen LogP contribution in [0.25, 0.3) is 11.0 Å². The molecule has 20 heavy (non-hydrogen) atoms. The fourth-order valence-corrected chi connectivity index (χ4v) is 2.21. The van der Waals surface area contributed by atoms with Crippen molar-refractivity contribution in [1.82, 2.24) is 5.48 Å². The smallest absolute Gasteiger partial charge is 0.339 e. The summed E-state index contributed by atoms with van der Waals surface area (Å²) in [6.07, 6.45) is 0.771. The normalized spacial score (nSPS) is 12.3. The number of aryl methyl sites for hydroxylation is 1. The zero-order valence-electron chi connectivity index (χ0n) is 11.5. The highest BCUT2D eigenvalue weighted by molar-refractivity contribution is 5.79. The number of rotatable bonds is 4. The van der Waals surface area contributed by atoms with Gasteiger partial charge in [-0.15, -0.1) is 0 Å². The van der Waals surface area contributed by atoms with E-state index >= 15 is 0 Å². The van der Waals surface area contributed by atoms with Gasteiger partial charge in [-0.2, -0.15) is 0 Å². The Morgan fingerprint density at radius 3 is 2.80 bits per heavy atom. The van der Waals surface area contributed by atoms with E-state index < -0.39 is 17.5 Å². The van der Waals surface area contributed by atoms with E-state index in [1.54, 1.807) is 17.6 Å². The number of hydrogen-bond acceptors (Lipinski definition) is 4. The summed E-state index contributed by atoms with van der Waals surface area (Å²) in [4.78, 5) is 23.4. The molecule has 0 aliphatic carbocycles. The molecule has 0 bridgehead atoms. The van der Waals surface area contributed by atoms with Crippen molar-refractivity contribution in [2.75, 3.05) is 0 Å². The van der Waals surface area contributed by atoms with Gasteiger partial charge < -0.3 is 4.42 Å². The van der Waals surface area contributed by atoms with Crippen molar-refractivity contribution in [3.63, 3.8) is 0 Å². The molecule has 2 rings (SSSR count). The van der Waals surface area contributed by atoms with E-state index in [0.717, 1.165) is 10.9 Å². The summed E-state index contributed by atoms with van der Waals surface area (Å²) in [5.74, 6) is -0.943. The molecule has 2 aromatic rings. The summed E-state index contributed by atoms with van der Waals surface area (Å²) >= 11 is 0. The van der Waals surface area contributed by atoms with Crippen LogP contribution in [0.3, 0.4) is 0 Å². The molecule has 0 aliphatic rings. The minimum absolute atomic E-state index is 0.245. The molecule has 1 atom stereocenters. The number of hydrogen-bond donors (Lipinski definition) is 2.